The summed E-state index contributed by atoms with van der Waals surface area (Å²) in [5.74, 6) is 1.49. The molecule has 2 N–H and O–H groups in total. The zero-order valence-corrected chi connectivity index (χ0v) is 14.5. The summed E-state index contributed by atoms with van der Waals surface area (Å²) in [6.07, 6.45) is 4.19. The van der Waals surface area contributed by atoms with E-state index in [1.54, 1.807) is 19.4 Å². The van der Waals surface area contributed by atoms with Crippen molar-refractivity contribution in [2.75, 3.05) is 13.7 Å². The number of unbranched alkanes of at least 4 members (excludes halogenated alkanes) is 1. The Morgan fingerprint density at radius 3 is 2.65 bits per heavy atom. The molecule has 1 aromatic heterocycles. The third-order valence-electron chi connectivity index (χ3n) is 3.55. The van der Waals surface area contributed by atoms with Gasteiger partial charge in [0.2, 0.25) is 0 Å². The molecule has 1 heterocycles. The van der Waals surface area contributed by atoms with E-state index in [1.807, 2.05) is 18.2 Å². The van der Waals surface area contributed by atoms with Crippen molar-refractivity contribution in [1.82, 2.24) is 4.98 Å². The highest BCUT2D eigenvalue weighted by Gasteiger charge is 2.07. The molecule has 124 valence electrons. The van der Waals surface area contributed by atoms with Crippen LogP contribution in [0.15, 0.2) is 36.5 Å². The molecule has 0 aliphatic rings. The van der Waals surface area contributed by atoms with Crippen molar-refractivity contribution in [1.29, 1.82) is 0 Å². The second-order valence-corrected chi connectivity index (χ2v) is 5.79. The van der Waals surface area contributed by atoms with Crippen molar-refractivity contribution in [3.05, 3.63) is 52.8 Å². The summed E-state index contributed by atoms with van der Waals surface area (Å²) in [6, 6.07) is 9.75. The zero-order valence-electron chi connectivity index (χ0n) is 13.7. The van der Waals surface area contributed by atoms with Crippen LogP contribution < -0.4 is 14.8 Å². The molecule has 23 heavy (non-hydrogen) atoms. The maximum absolute atomic E-state index is 5.83. The van der Waals surface area contributed by atoms with Gasteiger partial charge in [0.05, 0.1) is 13.7 Å². The maximum Gasteiger partial charge on any atom is 0.161 e. The molecule has 0 aliphatic heterocycles. The molecule has 2 rings (SSSR count). The molecule has 2 aromatic rings. The van der Waals surface area contributed by atoms with Crippen molar-refractivity contribution in [2.45, 2.75) is 32.9 Å². The molecule has 0 amide bonds. The van der Waals surface area contributed by atoms with Crippen LogP contribution in [0.1, 0.15) is 30.9 Å². The highest BCUT2D eigenvalue weighted by Crippen LogP contribution is 2.28. The molecular formula is C18H24ClN2O2+. The number of ether oxygens (including phenoxy) is 2. The van der Waals surface area contributed by atoms with E-state index in [-0.39, 0.29) is 0 Å². The molecule has 0 spiro atoms. The number of nitrogens with two attached hydrogens (primary N) is 1. The SMILES string of the molecule is CCCC[NH2+]Cc1ccc(OCc2ccc(Cl)nc2)c(OC)c1. The Hall–Kier alpha value is -1.78. The molecule has 4 nitrogen and oxygen atoms in total. The van der Waals surface area contributed by atoms with Crippen LogP contribution in [0.4, 0.5) is 0 Å². The first-order valence-electron chi connectivity index (χ1n) is 7.94. The Kier molecular flexibility index (Phi) is 7.17. The molecule has 0 saturated heterocycles. The Morgan fingerprint density at radius 1 is 1.13 bits per heavy atom. The van der Waals surface area contributed by atoms with E-state index < -0.39 is 0 Å². The van der Waals surface area contributed by atoms with Crippen molar-refractivity contribution in [2.24, 2.45) is 0 Å². The monoisotopic (exact) mass is 335 g/mol. The van der Waals surface area contributed by atoms with E-state index in [0.29, 0.717) is 11.8 Å². The van der Waals surface area contributed by atoms with Gasteiger partial charge in [0.15, 0.2) is 11.5 Å². The summed E-state index contributed by atoms with van der Waals surface area (Å²) in [6.45, 7) is 4.75. The summed E-state index contributed by atoms with van der Waals surface area (Å²) in [5, 5.41) is 2.80. The summed E-state index contributed by atoms with van der Waals surface area (Å²) in [4.78, 5) is 4.05. The minimum atomic E-state index is 0.433. The van der Waals surface area contributed by atoms with Gasteiger partial charge >= 0.3 is 0 Å². The molecule has 0 atom stereocenters. The van der Waals surface area contributed by atoms with Gasteiger partial charge in [0.1, 0.15) is 18.3 Å². The lowest BCUT2D eigenvalue weighted by Gasteiger charge is -2.12. The van der Waals surface area contributed by atoms with Crippen molar-refractivity contribution in [3.8, 4) is 11.5 Å². The van der Waals surface area contributed by atoms with E-state index >= 15 is 0 Å². The van der Waals surface area contributed by atoms with Crippen LogP contribution in [0.25, 0.3) is 0 Å². The Morgan fingerprint density at radius 2 is 1.96 bits per heavy atom. The van der Waals surface area contributed by atoms with Crippen LogP contribution in [-0.4, -0.2) is 18.6 Å². The number of nitrogens with zero attached hydrogens (tertiary/aromatic N) is 1. The number of rotatable bonds is 9. The van der Waals surface area contributed by atoms with Gasteiger partial charge in [-0.3, -0.25) is 0 Å². The summed E-state index contributed by atoms with van der Waals surface area (Å²) < 4.78 is 11.3. The van der Waals surface area contributed by atoms with Crippen LogP contribution >= 0.6 is 11.6 Å². The lowest BCUT2D eigenvalue weighted by molar-refractivity contribution is -0.670. The molecule has 0 aliphatic carbocycles. The normalized spacial score (nSPS) is 10.6. The van der Waals surface area contributed by atoms with Crippen LogP contribution in [-0.2, 0) is 13.2 Å². The number of aromatic nitrogens is 1. The molecule has 0 unspecified atom stereocenters. The van der Waals surface area contributed by atoms with Gasteiger partial charge in [-0.15, -0.1) is 0 Å². The van der Waals surface area contributed by atoms with Gasteiger partial charge in [0, 0.05) is 17.3 Å². The Bertz CT molecular complexity index is 602. The number of methoxy groups -OCH3 is 1. The zero-order chi connectivity index (χ0) is 16.5. The first-order valence-corrected chi connectivity index (χ1v) is 8.32. The Balaban J connectivity index is 1.94. The second kappa shape index (κ2) is 9.38. The van der Waals surface area contributed by atoms with Gasteiger partial charge in [-0.2, -0.15) is 0 Å². The maximum atomic E-state index is 5.83. The minimum Gasteiger partial charge on any atom is -0.493 e. The topological polar surface area (TPSA) is 48.0 Å². The lowest BCUT2D eigenvalue weighted by Crippen LogP contribution is -2.82. The van der Waals surface area contributed by atoms with Gasteiger partial charge in [-0.05, 0) is 30.7 Å². The third-order valence-corrected chi connectivity index (χ3v) is 3.78. The number of benzene rings is 1. The standard InChI is InChI=1S/C18H23ClN2O2/c1-3-4-9-20-11-14-5-7-16(17(10-14)22-2)23-13-15-6-8-18(19)21-12-15/h5-8,10,12,20H,3-4,9,11,13H2,1-2H3/p+1. The Labute approximate surface area is 142 Å². The van der Waals surface area contributed by atoms with E-state index in [4.69, 9.17) is 21.1 Å². The number of pyridine rings is 1. The number of hydrogen-bond acceptors (Lipinski definition) is 3. The van der Waals surface area contributed by atoms with Gasteiger partial charge < -0.3 is 14.8 Å². The summed E-state index contributed by atoms with van der Waals surface area (Å²) in [7, 11) is 1.66. The van der Waals surface area contributed by atoms with E-state index in [2.05, 4.69) is 23.3 Å². The largest absolute Gasteiger partial charge is 0.493 e. The lowest BCUT2D eigenvalue weighted by atomic mass is 10.2. The molecule has 1 aromatic carbocycles. The van der Waals surface area contributed by atoms with Crippen LogP contribution in [0.5, 0.6) is 11.5 Å². The molecule has 5 heteroatoms. The molecule has 0 bridgehead atoms. The fourth-order valence-corrected chi connectivity index (χ4v) is 2.34. The fourth-order valence-electron chi connectivity index (χ4n) is 2.23. The van der Waals surface area contributed by atoms with Gasteiger partial charge in [0.25, 0.3) is 0 Å². The van der Waals surface area contributed by atoms with Crippen molar-refractivity contribution in [3.63, 3.8) is 0 Å². The predicted molar refractivity (Wildman–Crippen MR) is 92.0 cm³/mol. The average Bonchev–Trinajstić information content (AvgIpc) is 2.58. The van der Waals surface area contributed by atoms with E-state index in [0.717, 1.165) is 30.2 Å². The van der Waals surface area contributed by atoms with Gasteiger partial charge in [-0.1, -0.05) is 31.0 Å². The fraction of sp³-hybridized carbons (Fsp3) is 0.389. The quantitative estimate of drug-likeness (QED) is 0.565. The highest BCUT2D eigenvalue weighted by atomic mass is 35.5. The van der Waals surface area contributed by atoms with Crippen LogP contribution in [0.3, 0.4) is 0 Å². The van der Waals surface area contributed by atoms with Gasteiger partial charge in [-0.25, -0.2) is 4.98 Å². The van der Waals surface area contributed by atoms with E-state index in [9.17, 15) is 0 Å². The first kappa shape index (κ1) is 17.6. The van der Waals surface area contributed by atoms with E-state index in [1.165, 1.54) is 18.4 Å². The first-order chi connectivity index (χ1) is 11.2. The summed E-state index contributed by atoms with van der Waals surface area (Å²) >= 11 is 5.78. The molecular weight excluding hydrogens is 312 g/mol. The number of hydrogen-bond donors (Lipinski definition) is 1. The second-order valence-electron chi connectivity index (χ2n) is 5.40. The third kappa shape index (κ3) is 5.73. The van der Waals surface area contributed by atoms with Crippen LogP contribution in [0, 0.1) is 0 Å². The van der Waals surface area contributed by atoms with Crippen molar-refractivity contribution < 1.29 is 14.8 Å². The molecule has 0 saturated carbocycles. The number of halogens is 1. The predicted octanol–water partition coefficient (Wildman–Crippen LogP) is 3.19. The van der Waals surface area contributed by atoms with Crippen LogP contribution in [0.2, 0.25) is 5.15 Å². The number of quaternary nitrogens is 1. The molecule has 0 fully saturated rings. The minimum absolute atomic E-state index is 0.433. The average molecular weight is 336 g/mol. The molecule has 0 radical (unpaired) electrons. The summed E-state index contributed by atoms with van der Waals surface area (Å²) in [5.41, 5.74) is 2.20. The highest BCUT2D eigenvalue weighted by molar-refractivity contribution is 6.29. The van der Waals surface area contributed by atoms with Crippen molar-refractivity contribution >= 4 is 11.6 Å². The smallest absolute Gasteiger partial charge is 0.161 e.